The number of rotatable bonds is 0. The molecule has 0 bridgehead atoms. The van der Waals surface area contributed by atoms with E-state index in [4.69, 9.17) is 0 Å². The highest BCUT2D eigenvalue weighted by molar-refractivity contribution is 5.92. The van der Waals surface area contributed by atoms with Crippen LogP contribution >= 0.6 is 0 Å². The van der Waals surface area contributed by atoms with Gasteiger partial charge in [0.2, 0.25) is 0 Å². The molecule has 9 nitrogen and oxygen atoms in total. The maximum Gasteiger partial charge on any atom is 0.314 e. The van der Waals surface area contributed by atoms with E-state index >= 15 is 0 Å². The first-order chi connectivity index (χ1) is 11.4. The number of carbonyl (C=O) groups excluding carboxylic acids is 6. The average molecular weight is 342 g/mol. The predicted octanol–water partition coefficient (Wildman–Crippen LogP) is 0.720. The molecule has 0 aromatic rings. The Morgan fingerprint density at radius 3 is 0.833 bits per heavy atom. The van der Waals surface area contributed by atoms with Crippen LogP contribution in [0.15, 0.2) is 0 Å². The van der Waals surface area contributed by atoms with Crippen molar-refractivity contribution in [2.24, 2.45) is 0 Å². The third kappa shape index (κ3) is 8.76. The number of hydrogen-bond donors (Lipinski definition) is 0. The fourth-order valence-electron chi connectivity index (χ4n) is 1.81. The molecule has 0 aromatic carbocycles. The van der Waals surface area contributed by atoms with Crippen LogP contribution in [0.25, 0.3) is 0 Å². The first-order valence-corrected chi connectivity index (χ1v) is 7.57. The molecule has 3 aliphatic heterocycles. The van der Waals surface area contributed by atoms with Crippen LogP contribution in [0.5, 0.6) is 0 Å². The van der Waals surface area contributed by atoms with Crippen molar-refractivity contribution in [2.75, 3.05) is 0 Å². The minimum Gasteiger partial charge on any atom is -0.393 e. The SMILES string of the molecule is O=C1CCC(=O)O1.O=C1CCCC(=O)O1.O=C1CCCCC(=O)O1. The second-order valence-electron chi connectivity index (χ2n) is 5.10. The van der Waals surface area contributed by atoms with Crippen LogP contribution in [-0.4, -0.2) is 35.8 Å². The summed E-state index contributed by atoms with van der Waals surface area (Å²) in [6.45, 7) is 0. The normalized spacial score (nSPS) is 20.5. The molecule has 3 saturated heterocycles. The number of hydrogen-bond acceptors (Lipinski definition) is 9. The van der Waals surface area contributed by atoms with Crippen LogP contribution in [-0.2, 0) is 43.0 Å². The van der Waals surface area contributed by atoms with E-state index in [0.717, 1.165) is 12.8 Å². The lowest BCUT2D eigenvalue weighted by Crippen LogP contribution is -2.17. The van der Waals surface area contributed by atoms with Crippen LogP contribution in [0.3, 0.4) is 0 Å². The van der Waals surface area contributed by atoms with Gasteiger partial charge in [0.15, 0.2) is 0 Å². The van der Waals surface area contributed by atoms with Gasteiger partial charge in [0.1, 0.15) is 0 Å². The van der Waals surface area contributed by atoms with Gasteiger partial charge in [-0.15, -0.1) is 0 Å². The molecule has 0 saturated carbocycles. The first kappa shape index (κ1) is 19.5. The van der Waals surface area contributed by atoms with Crippen LogP contribution in [0.2, 0.25) is 0 Å². The highest BCUT2D eigenvalue weighted by Crippen LogP contribution is 2.08. The smallest absolute Gasteiger partial charge is 0.314 e. The Morgan fingerprint density at radius 2 is 0.625 bits per heavy atom. The van der Waals surface area contributed by atoms with E-state index in [0.29, 0.717) is 32.1 Å². The Hall–Kier alpha value is -2.58. The van der Waals surface area contributed by atoms with Gasteiger partial charge in [-0.25, -0.2) is 0 Å². The summed E-state index contributed by atoms with van der Waals surface area (Å²) in [7, 11) is 0. The summed E-state index contributed by atoms with van der Waals surface area (Å²) >= 11 is 0. The van der Waals surface area contributed by atoms with Gasteiger partial charge < -0.3 is 14.2 Å². The van der Waals surface area contributed by atoms with Gasteiger partial charge in [-0.1, -0.05) is 0 Å². The van der Waals surface area contributed by atoms with Gasteiger partial charge in [0.05, 0.1) is 12.8 Å². The maximum atomic E-state index is 10.5. The van der Waals surface area contributed by atoms with E-state index in [9.17, 15) is 28.8 Å². The third-order valence-electron chi connectivity index (χ3n) is 2.99. The van der Waals surface area contributed by atoms with Crippen molar-refractivity contribution in [2.45, 2.75) is 57.8 Å². The molecule has 0 amide bonds. The van der Waals surface area contributed by atoms with E-state index in [1.54, 1.807) is 0 Å². The molecule has 9 heteroatoms. The molecular weight excluding hydrogens is 324 g/mol. The quantitative estimate of drug-likeness (QED) is 0.355. The zero-order chi connectivity index (χ0) is 17.9. The molecule has 3 heterocycles. The van der Waals surface area contributed by atoms with Crippen molar-refractivity contribution in [3.63, 3.8) is 0 Å². The van der Waals surface area contributed by atoms with Gasteiger partial charge in [-0.05, 0) is 19.3 Å². The minimum absolute atomic E-state index is 0.263. The van der Waals surface area contributed by atoms with E-state index < -0.39 is 11.9 Å². The molecule has 0 unspecified atom stereocenters. The summed E-state index contributed by atoms with van der Waals surface area (Å²) in [5.74, 6) is -2.33. The lowest BCUT2D eigenvalue weighted by atomic mass is 10.2. The van der Waals surface area contributed by atoms with E-state index in [2.05, 4.69) is 14.2 Å². The Kier molecular flexibility index (Phi) is 8.31. The van der Waals surface area contributed by atoms with Crippen LogP contribution < -0.4 is 0 Å². The second-order valence-corrected chi connectivity index (χ2v) is 5.10. The summed E-state index contributed by atoms with van der Waals surface area (Å²) < 4.78 is 12.6. The number of ether oxygens (including phenoxy) is 3. The van der Waals surface area contributed by atoms with Crippen LogP contribution in [0.4, 0.5) is 0 Å². The standard InChI is InChI=1S/C6H8O3.C5H6O3.C4H4O3/c7-5-3-1-2-4-6(8)9-5;6-4-2-1-3-5(7)8-4;5-3-1-2-4(6)7-3/h1-4H2;1-3H2;1-2H2. The lowest BCUT2D eigenvalue weighted by Gasteiger charge is -2.06. The molecule has 0 spiro atoms. The highest BCUT2D eigenvalue weighted by Gasteiger charge is 2.19. The lowest BCUT2D eigenvalue weighted by molar-refractivity contribution is -0.163. The zero-order valence-electron chi connectivity index (χ0n) is 13.0. The first-order valence-electron chi connectivity index (χ1n) is 7.57. The van der Waals surface area contributed by atoms with Crippen LogP contribution in [0.1, 0.15) is 57.8 Å². The topological polar surface area (TPSA) is 130 Å². The molecule has 0 atom stereocenters. The maximum absolute atomic E-state index is 10.5. The second kappa shape index (κ2) is 10.2. The molecule has 132 valence electrons. The molecule has 3 aliphatic rings. The van der Waals surface area contributed by atoms with Crippen molar-refractivity contribution in [1.82, 2.24) is 0 Å². The molecule has 24 heavy (non-hydrogen) atoms. The van der Waals surface area contributed by atoms with Crippen molar-refractivity contribution in [3.8, 4) is 0 Å². The van der Waals surface area contributed by atoms with E-state index in [-0.39, 0.29) is 36.7 Å². The summed E-state index contributed by atoms with van der Waals surface area (Å²) in [6.07, 6.45) is 4.32. The largest absolute Gasteiger partial charge is 0.393 e. The van der Waals surface area contributed by atoms with Crippen molar-refractivity contribution in [3.05, 3.63) is 0 Å². The highest BCUT2D eigenvalue weighted by atomic mass is 16.6. The fraction of sp³-hybridized carbons (Fsp3) is 0.600. The molecule has 3 rings (SSSR count). The predicted molar refractivity (Wildman–Crippen MR) is 74.9 cm³/mol. The molecular formula is C15H18O9. The number of cyclic esters (lactones) is 6. The Labute approximate surface area is 137 Å². The Morgan fingerprint density at radius 1 is 0.375 bits per heavy atom. The fourth-order valence-corrected chi connectivity index (χ4v) is 1.81. The number of esters is 6. The number of carbonyl (C=O) groups is 6. The van der Waals surface area contributed by atoms with Gasteiger partial charge in [0, 0.05) is 25.7 Å². The van der Waals surface area contributed by atoms with Crippen LogP contribution in [0, 0.1) is 0 Å². The zero-order valence-corrected chi connectivity index (χ0v) is 13.0. The molecule has 0 aliphatic carbocycles. The van der Waals surface area contributed by atoms with Crippen molar-refractivity contribution >= 4 is 35.8 Å². The summed E-state index contributed by atoms with van der Waals surface area (Å²) in [4.78, 5) is 61.4. The summed E-state index contributed by atoms with van der Waals surface area (Å²) in [6, 6.07) is 0. The van der Waals surface area contributed by atoms with Gasteiger partial charge in [0.25, 0.3) is 0 Å². The average Bonchev–Trinajstić information content (AvgIpc) is 2.76. The third-order valence-corrected chi connectivity index (χ3v) is 2.99. The Bertz CT molecular complexity index is 491. The van der Waals surface area contributed by atoms with Gasteiger partial charge in [-0.2, -0.15) is 0 Å². The van der Waals surface area contributed by atoms with E-state index in [1.807, 2.05) is 0 Å². The van der Waals surface area contributed by atoms with Gasteiger partial charge in [-0.3, -0.25) is 28.8 Å². The molecule has 3 fully saturated rings. The molecule has 0 N–H and O–H groups in total. The van der Waals surface area contributed by atoms with E-state index in [1.165, 1.54) is 0 Å². The van der Waals surface area contributed by atoms with Crippen molar-refractivity contribution < 1.29 is 43.0 Å². The molecule has 0 radical (unpaired) electrons. The summed E-state index contributed by atoms with van der Waals surface area (Å²) in [5.41, 5.74) is 0. The summed E-state index contributed by atoms with van der Waals surface area (Å²) in [5, 5.41) is 0. The minimum atomic E-state index is -0.398. The van der Waals surface area contributed by atoms with Crippen molar-refractivity contribution in [1.29, 1.82) is 0 Å². The monoisotopic (exact) mass is 342 g/mol. The Balaban J connectivity index is 0.000000181. The molecule has 0 aromatic heterocycles. The van der Waals surface area contributed by atoms with Gasteiger partial charge >= 0.3 is 35.8 Å².